The quantitative estimate of drug-likeness (QED) is 0.945. The van der Waals surface area contributed by atoms with E-state index in [1.807, 2.05) is 25.0 Å². The summed E-state index contributed by atoms with van der Waals surface area (Å²) in [6.07, 6.45) is 3.00. The number of fused-ring (bicyclic) bond motifs is 1. The fourth-order valence-electron chi connectivity index (χ4n) is 2.89. The summed E-state index contributed by atoms with van der Waals surface area (Å²) >= 11 is 3.60. The van der Waals surface area contributed by atoms with Crippen molar-refractivity contribution in [1.82, 2.24) is 15.1 Å². The van der Waals surface area contributed by atoms with E-state index in [0.717, 1.165) is 10.9 Å². The molecule has 0 aliphatic heterocycles. The van der Waals surface area contributed by atoms with Gasteiger partial charge in [-0.3, -0.25) is 4.68 Å². The molecule has 0 spiro atoms. The maximum atomic E-state index is 4.31. The number of rotatable bonds is 3. The summed E-state index contributed by atoms with van der Waals surface area (Å²) < 4.78 is 3.03. The van der Waals surface area contributed by atoms with Crippen LogP contribution >= 0.6 is 15.9 Å². The lowest BCUT2D eigenvalue weighted by molar-refractivity contribution is 0.414. The molecule has 0 saturated carbocycles. The maximum Gasteiger partial charge on any atom is 0.0698 e. The molecule has 1 aliphatic carbocycles. The minimum Gasteiger partial charge on any atom is -0.311 e. The third-order valence-corrected chi connectivity index (χ3v) is 4.45. The van der Waals surface area contributed by atoms with E-state index in [4.69, 9.17) is 0 Å². The molecule has 2 atom stereocenters. The van der Waals surface area contributed by atoms with Crippen LogP contribution in [-0.2, 0) is 13.5 Å². The highest BCUT2D eigenvalue weighted by Gasteiger charge is 2.35. The van der Waals surface area contributed by atoms with Gasteiger partial charge in [0.05, 0.1) is 22.4 Å². The Balaban J connectivity index is 1.97. The summed E-state index contributed by atoms with van der Waals surface area (Å²) in [7, 11) is 4.01. The first kappa shape index (κ1) is 11.9. The van der Waals surface area contributed by atoms with Gasteiger partial charge in [-0.05, 0) is 40.5 Å². The molecule has 1 heterocycles. The molecule has 4 heteroatoms. The molecule has 18 heavy (non-hydrogen) atoms. The number of likely N-dealkylation sites (N-methyl/N-ethyl adjacent to an activating group) is 1. The van der Waals surface area contributed by atoms with E-state index in [-0.39, 0.29) is 0 Å². The molecule has 0 saturated heterocycles. The number of aryl methyl sites for hydroxylation is 1. The van der Waals surface area contributed by atoms with Crippen LogP contribution < -0.4 is 5.32 Å². The Labute approximate surface area is 115 Å². The second kappa shape index (κ2) is 4.52. The SMILES string of the molecule is CNC(c1c(Br)cnn1C)C1Cc2ccccc21. The molecule has 3 nitrogen and oxygen atoms in total. The van der Waals surface area contributed by atoms with Crippen molar-refractivity contribution in [2.45, 2.75) is 18.4 Å². The lowest BCUT2D eigenvalue weighted by atomic mass is 9.72. The van der Waals surface area contributed by atoms with Gasteiger partial charge < -0.3 is 5.32 Å². The van der Waals surface area contributed by atoms with E-state index >= 15 is 0 Å². The van der Waals surface area contributed by atoms with Gasteiger partial charge >= 0.3 is 0 Å². The zero-order chi connectivity index (χ0) is 12.7. The first-order valence-electron chi connectivity index (χ1n) is 6.15. The highest BCUT2D eigenvalue weighted by atomic mass is 79.9. The summed E-state index contributed by atoms with van der Waals surface area (Å²) in [6, 6.07) is 9.00. The van der Waals surface area contributed by atoms with Crippen LogP contribution in [0.3, 0.4) is 0 Å². The van der Waals surface area contributed by atoms with Gasteiger partial charge in [-0.1, -0.05) is 24.3 Å². The number of halogens is 1. The van der Waals surface area contributed by atoms with Gasteiger partial charge in [-0.25, -0.2) is 0 Å². The van der Waals surface area contributed by atoms with Crippen molar-refractivity contribution in [3.05, 3.63) is 51.8 Å². The lowest BCUT2D eigenvalue weighted by Crippen LogP contribution is -2.32. The zero-order valence-corrected chi connectivity index (χ0v) is 12.1. The van der Waals surface area contributed by atoms with Crippen LogP contribution in [0.25, 0.3) is 0 Å². The third kappa shape index (κ3) is 1.71. The molecule has 0 fully saturated rings. The summed E-state index contributed by atoms with van der Waals surface area (Å²) in [5.41, 5.74) is 4.16. The van der Waals surface area contributed by atoms with Crippen molar-refractivity contribution in [2.75, 3.05) is 7.05 Å². The van der Waals surface area contributed by atoms with Gasteiger partial charge in [-0.15, -0.1) is 0 Å². The normalized spacial score (nSPS) is 19.2. The summed E-state index contributed by atoms with van der Waals surface area (Å²) in [6.45, 7) is 0. The standard InChI is InChI=1S/C14H16BrN3/c1-16-13(14-12(15)8-17-18(14)2)11-7-9-5-3-4-6-10(9)11/h3-6,8,11,13,16H,7H2,1-2H3. The largest absolute Gasteiger partial charge is 0.311 e. The first-order chi connectivity index (χ1) is 8.72. The Morgan fingerprint density at radius 2 is 2.22 bits per heavy atom. The average Bonchev–Trinajstić information content (AvgIpc) is 2.67. The minimum atomic E-state index is 0.307. The van der Waals surface area contributed by atoms with Gasteiger partial charge in [0.15, 0.2) is 0 Å². The zero-order valence-electron chi connectivity index (χ0n) is 10.5. The van der Waals surface area contributed by atoms with Crippen LogP contribution in [0.4, 0.5) is 0 Å². The topological polar surface area (TPSA) is 29.9 Å². The highest BCUT2D eigenvalue weighted by Crippen LogP contribution is 2.44. The fraction of sp³-hybridized carbons (Fsp3) is 0.357. The molecule has 94 valence electrons. The predicted octanol–water partition coefficient (Wildman–Crippen LogP) is 2.78. The maximum absolute atomic E-state index is 4.31. The molecular weight excluding hydrogens is 290 g/mol. The second-order valence-electron chi connectivity index (χ2n) is 4.78. The van der Waals surface area contributed by atoms with E-state index in [1.165, 1.54) is 16.8 Å². The number of nitrogens with one attached hydrogen (secondary N) is 1. The van der Waals surface area contributed by atoms with E-state index < -0.39 is 0 Å². The molecule has 1 aromatic heterocycles. The Morgan fingerprint density at radius 3 is 2.83 bits per heavy atom. The van der Waals surface area contributed by atoms with Gasteiger partial charge in [0.25, 0.3) is 0 Å². The molecule has 2 aromatic rings. The molecule has 0 bridgehead atoms. The molecule has 1 N–H and O–H groups in total. The van der Waals surface area contributed by atoms with Crippen LogP contribution in [-0.4, -0.2) is 16.8 Å². The fourth-order valence-corrected chi connectivity index (χ4v) is 3.49. The minimum absolute atomic E-state index is 0.307. The summed E-state index contributed by atoms with van der Waals surface area (Å²) in [5.74, 6) is 0.540. The monoisotopic (exact) mass is 305 g/mol. The second-order valence-corrected chi connectivity index (χ2v) is 5.63. The molecule has 1 aliphatic rings. The summed E-state index contributed by atoms with van der Waals surface area (Å²) in [5, 5.41) is 7.75. The molecule has 0 amide bonds. The lowest BCUT2D eigenvalue weighted by Gasteiger charge is -2.36. The Morgan fingerprint density at radius 1 is 1.44 bits per heavy atom. The van der Waals surface area contributed by atoms with E-state index in [0.29, 0.717) is 12.0 Å². The molecule has 3 rings (SSSR count). The van der Waals surface area contributed by atoms with Gasteiger partial charge in [0.2, 0.25) is 0 Å². The van der Waals surface area contributed by atoms with Gasteiger partial charge in [0, 0.05) is 13.0 Å². The smallest absolute Gasteiger partial charge is 0.0698 e. The van der Waals surface area contributed by atoms with Gasteiger partial charge in [0.1, 0.15) is 0 Å². The van der Waals surface area contributed by atoms with Gasteiger partial charge in [-0.2, -0.15) is 5.10 Å². The van der Waals surface area contributed by atoms with Crippen LogP contribution in [0.2, 0.25) is 0 Å². The molecule has 2 unspecified atom stereocenters. The number of aromatic nitrogens is 2. The first-order valence-corrected chi connectivity index (χ1v) is 6.94. The van der Waals surface area contributed by atoms with Crippen LogP contribution in [0, 0.1) is 0 Å². The van der Waals surface area contributed by atoms with E-state index in [9.17, 15) is 0 Å². The van der Waals surface area contributed by atoms with Crippen molar-refractivity contribution in [1.29, 1.82) is 0 Å². The van der Waals surface area contributed by atoms with Crippen LogP contribution in [0.15, 0.2) is 34.9 Å². The molecular formula is C14H16BrN3. The Kier molecular flexibility index (Phi) is 2.99. The predicted molar refractivity (Wildman–Crippen MR) is 75.6 cm³/mol. The van der Waals surface area contributed by atoms with Crippen LogP contribution in [0.5, 0.6) is 0 Å². The van der Waals surface area contributed by atoms with E-state index in [1.54, 1.807) is 0 Å². The third-order valence-electron chi connectivity index (χ3n) is 3.84. The number of hydrogen-bond donors (Lipinski definition) is 1. The molecule has 1 aromatic carbocycles. The molecule has 0 radical (unpaired) electrons. The number of hydrogen-bond acceptors (Lipinski definition) is 2. The average molecular weight is 306 g/mol. The van der Waals surface area contributed by atoms with Crippen molar-refractivity contribution in [3.8, 4) is 0 Å². The Bertz CT molecular complexity index is 557. The van der Waals surface area contributed by atoms with Crippen LogP contribution in [0.1, 0.15) is 28.8 Å². The number of benzene rings is 1. The highest BCUT2D eigenvalue weighted by molar-refractivity contribution is 9.10. The van der Waals surface area contributed by atoms with E-state index in [2.05, 4.69) is 50.6 Å². The van der Waals surface area contributed by atoms with Crippen molar-refractivity contribution >= 4 is 15.9 Å². The summed E-state index contributed by atoms with van der Waals surface area (Å²) in [4.78, 5) is 0. The van der Waals surface area contributed by atoms with Crippen molar-refractivity contribution < 1.29 is 0 Å². The number of nitrogens with zero attached hydrogens (tertiary/aromatic N) is 2. The Hall–Kier alpha value is -1.13. The van der Waals surface area contributed by atoms with Crippen molar-refractivity contribution in [3.63, 3.8) is 0 Å². The van der Waals surface area contributed by atoms with Crippen molar-refractivity contribution in [2.24, 2.45) is 7.05 Å².